The van der Waals surface area contributed by atoms with Crippen LogP contribution in [-0.4, -0.2) is 25.8 Å². The number of hydrogen-bond donors (Lipinski definition) is 1. The molecule has 4 heterocycles. The molecule has 6 rings (SSSR count). The molecule has 2 fully saturated rings. The summed E-state index contributed by atoms with van der Waals surface area (Å²) in [5.41, 5.74) is 5.45. The molecule has 2 aliphatic rings. The lowest BCUT2D eigenvalue weighted by molar-refractivity contribution is 0.210. The second kappa shape index (κ2) is 9.98. The Bertz CT molecular complexity index is 1380. The van der Waals surface area contributed by atoms with E-state index >= 15 is 0 Å². The Hall–Kier alpha value is -3.71. The fourth-order valence-corrected chi connectivity index (χ4v) is 6.10. The van der Waals surface area contributed by atoms with E-state index in [1.807, 2.05) is 42.7 Å². The summed E-state index contributed by atoms with van der Waals surface area (Å²) in [6.45, 7) is 4.28. The summed E-state index contributed by atoms with van der Waals surface area (Å²) in [4.78, 5) is 11.5. The van der Waals surface area contributed by atoms with E-state index in [1.165, 1.54) is 18.4 Å². The summed E-state index contributed by atoms with van der Waals surface area (Å²) in [6, 6.07) is 22.5. The van der Waals surface area contributed by atoms with Gasteiger partial charge in [-0.25, -0.2) is 4.98 Å². The normalized spacial score (nSPS) is 19.8. The van der Waals surface area contributed by atoms with Crippen molar-refractivity contribution in [3.8, 4) is 11.6 Å². The van der Waals surface area contributed by atoms with E-state index in [0.29, 0.717) is 11.2 Å². The molecule has 4 aromatic rings. The summed E-state index contributed by atoms with van der Waals surface area (Å²) in [5, 5.41) is 4.26. The van der Waals surface area contributed by atoms with E-state index < -0.39 is 0 Å². The molecule has 3 aromatic heterocycles. The van der Waals surface area contributed by atoms with Crippen LogP contribution in [0.5, 0.6) is 5.75 Å². The summed E-state index contributed by atoms with van der Waals surface area (Å²) in [6.07, 6.45) is 8.79. The highest BCUT2D eigenvalue weighted by Crippen LogP contribution is 2.44. The van der Waals surface area contributed by atoms with Crippen molar-refractivity contribution in [1.29, 1.82) is 0 Å². The molecule has 7 heteroatoms. The van der Waals surface area contributed by atoms with Gasteiger partial charge in [0, 0.05) is 29.5 Å². The largest absolute Gasteiger partial charge is 0.490 e. The Morgan fingerprint density at radius 1 is 0.919 bits per heavy atom. The Kier molecular flexibility index (Phi) is 6.38. The van der Waals surface area contributed by atoms with Gasteiger partial charge < -0.3 is 19.5 Å². The number of ether oxygens (including phenoxy) is 1. The third-order valence-electron chi connectivity index (χ3n) is 7.49. The first-order valence-corrected chi connectivity index (χ1v) is 13.4. The first kappa shape index (κ1) is 23.7. The first-order valence-electron chi connectivity index (χ1n) is 13.0. The number of aryl methyl sites for hydroxylation is 1. The van der Waals surface area contributed by atoms with Gasteiger partial charge in [0.25, 0.3) is 0 Å². The smallest absolute Gasteiger partial charge is 0.174 e. The van der Waals surface area contributed by atoms with Gasteiger partial charge in [0.05, 0.1) is 23.9 Å². The maximum atomic E-state index is 6.22. The zero-order valence-corrected chi connectivity index (χ0v) is 22.0. The third kappa shape index (κ3) is 4.48. The van der Waals surface area contributed by atoms with E-state index in [9.17, 15) is 0 Å². The molecular formula is C30H31N5OS. The molecule has 2 atom stereocenters. The average molecular weight is 510 g/mol. The Morgan fingerprint density at radius 3 is 2.32 bits per heavy atom. The van der Waals surface area contributed by atoms with E-state index in [1.54, 1.807) is 0 Å². The molecule has 0 radical (unpaired) electrons. The average Bonchev–Trinajstić information content (AvgIpc) is 3.63. The number of nitrogens with zero attached hydrogens (tertiary/aromatic N) is 4. The van der Waals surface area contributed by atoms with Gasteiger partial charge in [-0.15, -0.1) is 0 Å². The van der Waals surface area contributed by atoms with Crippen LogP contribution in [0.2, 0.25) is 0 Å². The Morgan fingerprint density at radius 2 is 1.65 bits per heavy atom. The molecule has 0 bridgehead atoms. The van der Waals surface area contributed by atoms with Crippen LogP contribution in [0, 0.1) is 13.8 Å². The van der Waals surface area contributed by atoms with Crippen LogP contribution < -0.4 is 15.0 Å². The van der Waals surface area contributed by atoms with Crippen LogP contribution in [0.15, 0.2) is 79.1 Å². The predicted molar refractivity (Wildman–Crippen MR) is 150 cm³/mol. The van der Waals surface area contributed by atoms with Crippen molar-refractivity contribution in [2.24, 2.45) is 0 Å². The molecule has 1 N–H and O–H groups in total. The maximum absolute atomic E-state index is 6.22. The molecule has 0 spiro atoms. The quantitative estimate of drug-likeness (QED) is 0.304. The first-order chi connectivity index (χ1) is 18.1. The Labute approximate surface area is 223 Å². The van der Waals surface area contributed by atoms with Crippen molar-refractivity contribution in [1.82, 2.24) is 19.9 Å². The fraction of sp³-hybridized carbons (Fsp3) is 0.300. The van der Waals surface area contributed by atoms with Crippen LogP contribution in [0.4, 0.5) is 5.69 Å². The van der Waals surface area contributed by atoms with Crippen molar-refractivity contribution in [3.05, 3.63) is 102 Å². The van der Waals surface area contributed by atoms with Crippen LogP contribution in [0.1, 0.15) is 60.4 Å². The van der Waals surface area contributed by atoms with Crippen molar-refractivity contribution in [3.63, 3.8) is 0 Å². The van der Waals surface area contributed by atoms with Gasteiger partial charge in [0.2, 0.25) is 0 Å². The van der Waals surface area contributed by atoms with Crippen molar-refractivity contribution in [2.45, 2.75) is 57.7 Å². The molecule has 1 aromatic carbocycles. The number of benzene rings is 1. The highest BCUT2D eigenvalue weighted by molar-refractivity contribution is 7.80. The molecule has 1 saturated heterocycles. The summed E-state index contributed by atoms with van der Waals surface area (Å²) >= 11 is 5.94. The summed E-state index contributed by atoms with van der Waals surface area (Å²) in [7, 11) is 0. The number of nitrogens with one attached hydrogen (secondary N) is 1. The van der Waals surface area contributed by atoms with Gasteiger partial charge in [-0.2, -0.15) is 0 Å². The van der Waals surface area contributed by atoms with E-state index in [4.69, 9.17) is 21.9 Å². The highest BCUT2D eigenvalue weighted by Gasteiger charge is 2.42. The van der Waals surface area contributed by atoms with Gasteiger partial charge >= 0.3 is 0 Å². The molecule has 0 amide bonds. The number of hydrogen-bond acceptors (Lipinski definition) is 4. The van der Waals surface area contributed by atoms with E-state index in [0.717, 1.165) is 47.2 Å². The zero-order valence-electron chi connectivity index (χ0n) is 21.2. The van der Waals surface area contributed by atoms with Crippen LogP contribution in [-0.2, 0) is 0 Å². The lowest BCUT2D eigenvalue weighted by Crippen LogP contribution is -2.29. The number of rotatable bonds is 6. The maximum Gasteiger partial charge on any atom is 0.174 e. The second-order valence-electron chi connectivity index (χ2n) is 9.86. The minimum Gasteiger partial charge on any atom is -0.490 e. The zero-order chi connectivity index (χ0) is 25.4. The van der Waals surface area contributed by atoms with Crippen LogP contribution >= 0.6 is 12.2 Å². The monoisotopic (exact) mass is 509 g/mol. The lowest BCUT2D eigenvalue weighted by Gasteiger charge is -2.28. The second-order valence-corrected chi connectivity index (χ2v) is 10.3. The number of aromatic nitrogens is 3. The minimum atomic E-state index is -0.0965. The highest BCUT2D eigenvalue weighted by atomic mass is 32.1. The number of thiocarbonyl (C=S) groups is 1. The molecule has 0 unspecified atom stereocenters. The van der Waals surface area contributed by atoms with Crippen molar-refractivity contribution < 1.29 is 4.74 Å². The number of pyridine rings is 2. The van der Waals surface area contributed by atoms with Gasteiger partial charge in [-0.3, -0.25) is 4.98 Å². The molecular weight excluding hydrogens is 478 g/mol. The molecule has 37 heavy (non-hydrogen) atoms. The standard InChI is InChI=1S/C30H31N5OS/c1-20-19-25(21(2)34(20)27-12-6-8-18-32-27)29-28(26-11-5-7-17-31-26)33-30(37)35(29)22-13-15-24(16-14-22)36-23-9-3-4-10-23/h5-8,11-19,23,28-29H,3-4,9-10H2,1-2H3,(H,33,37)/t28-,29-/m0/s1. The predicted octanol–water partition coefficient (Wildman–Crippen LogP) is 6.38. The Balaban J connectivity index is 1.41. The molecule has 1 saturated carbocycles. The van der Waals surface area contributed by atoms with Gasteiger partial charge in [-0.1, -0.05) is 12.1 Å². The van der Waals surface area contributed by atoms with E-state index in [-0.39, 0.29) is 12.1 Å². The summed E-state index contributed by atoms with van der Waals surface area (Å²) < 4.78 is 8.43. The lowest BCUT2D eigenvalue weighted by atomic mass is 9.96. The molecule has 188 valence electrons. The fourth-order valence-electron chi connectivity index (χ4n) is 5.76. The minimum absolute atomic E-state index is 0.0762. The third-order valence-corrected chi connectivity index (χ3v) is 7.80. The van der Waals surface area contributed by atoms with Gasteiger partial charge in [-0.05, 0) is 112 Å². The van der Waals surface area contributed by atoms with Crippen LogP contribution in [0.3, 0.4) is 0 Å². The molecule has 1 aliphatic heterocycles. The number of anilines is 1. The topological polar surface area (TPSA) is 55.2 Å². The molecule has 1 aliphatic carbocycles. The van der Waals surface area contributed by atoms with E-state index in [2.05, 4.69) is 70.0 Å². The SMILES string of the molecule is Cc1cc([C@H]2[C@H](c3ccccn3)NC(=S)N2c2ccc(OC3CCCC3)cc2)c(C)n1-c1ccccn1. The van der Waals surface area contributed by atoms with Gasteiger partial charge in [0.1, 0.15) is 11.6 Å². The van der Waals surface area contributed by atoms with Crippen LogP contribution in [0.25, 0.3) is 5.82 Å². The molecule has 6 nitrogen and oxygen atoms in total. The van der Waals surface area contributed by atoms with Gasteiger partial charge in [0.15, 0.2) is 5.11 Å². The van der Waals surface area contributed by atoms with Crippen molar-refractivity contribution in [2.75, 3.05) is 4.90 Å². The summed E-state index contributed by atoms with van der Waals surface area (Å²) in [5.74, 6) is 1.83. The van der Waals surface area contributed by atoms with Crippen molar-refractivity contribution >= 4 is 23.0 Å².